The molecule has 1 aromatic heterocycles. The highest BCUT2D eigenvalue weighted by atomic mass is 79.9. The van der Waals surface area contributed by atoms with Gasteiger partial charge in [-0.1, -0.05) is 15.9 Å². The van der Waals surface area contributed by atoms with Crippen molar-refractivity contribution in [3.8, 4) is 11.3 Å². The molecule has 124 valence electrons. The van der Waals surface area contributed by atoms with Crippen molar-refractivity contribution in [2.45, 2.75) is 19.3 Å². The van der Waals surface area contributed by atoms with Crippen LogP contribution in [-0.4, -0.2) is 16.1 Å². The van der Waals surface area contributed by atoms with Gasteiger partial charge in [-0.3, -0.25) is 4.79 Å². The van der Waals surface area contributed by atoms with Crippen LogP contribution in [0.3, 0.4) is 0 Å². The van der Waals surface area contributed by atoms with Crippen LogP contribution in [-0.2, 0) is 10.2 Å². The summed E-state index contributed by atoms with van der Waals surface area (Å²) in [5.41, 5.74) is 0.468. The Morgan fingerprint density at radius 1 is 1.17 bits per heavy atom. The first-order chi connectivity index (χ1) is 11.2. The monoisotopic (exact) mass is 393 g/mol. The SMILES string of the molecule is CC(C)(C(=O)O)c1c(-c2ccc(F)cc2)[nH]c2c(F)cc(Br)cc12. The Hall–Kier alpha value is -2.21. The number of H-pyrrole nitrogens is 1. The van der Waals surface area contributed by atoms with E-state index in [9.17, 15) is 18.7 Å². The Bertz CT molecular complexity index is 946. The average molecular weight is 394 g/mol. The third-order valence-corrected chi connectivity index (χ3v) is 4.57. The van der Waals surface area contributed by atoms with Crippen LogP contribution < -0.4 is 0 Å². The summed E-state index contributed by atoms with van der Waals surface area (Å²) in [5.74, 6) is -1.93. The molecule has 0 saturated heterocycles. The van der Waals surface area contributed by atoms with E-state index in [4.69, 9.17) is 0 Å². The minimum atomic E-state index is -1.27. The summed E-state index contributed by atoms with van der Waals surface area (Å²) in [7, 11) is 0. The molecule has 0 saturated carbocycles. The molecule has 3 aromatic rings. The fourth-order valence-corrected chi connectivity index (χ4v) is 3.24. The fraction of sp³-hybridized carbons (Fsp3) is 0.167. The number of aliphatic carboxylic acids is 1. The first kappa shape index (κ1) is 16.6. The van der Waals surface area contributed by atoms with E-state index in [0.717, 1.165) is 0 Å². The molecule has 2 N–H and O–H groups in total. The standard InChI is InChI=1S/C18H14BrF2NO2/c1-18(2,17(23)24)14-12-7-10(19)8-13(21)16(12)22-15(14)9-3-5-11(20)6-4-9/h3-8,22H,1-2H3,(H,23,24). The molecule has 0 unspecified atom stereocenters. The molecule has 2 aromatic carbocycles. The molecule has 6 heteroatoms. The molecule has 0 radical (unpaired) electrons. The van der Waals surface area contributed by atoms with Gasteiger partial charge in [-0.25, -0.2) is 8.78 Å². The maximum atomic E-state index is 14.3. The number of nitrogens with one attached hydrogen (secondary N) is 1. The van der Waals surface area contributed by atoms with Gasteiger partial charge in [-0.05, 0) is 55.8 Å². The summed E-state index contributed by atoms with van der Waals surface area (Å²) in [6, 6.07) is 8.63. The van der Waals surface area contributed by atoms with Crippen molar-refractivity contribution in [1.29, 1.82) is 0 Å². The quantitative estimate of drug-likeness (QED) is 0.639. The molecule has 1 heterocycles. The molecule has 0 aliphatic carbocycles. The van der Waals surface area contributed by atoms with Crippen molar-refractivity contribution >= 4 is 32.8 Å². The van der Waals surface area contributed by atoms with Crippen LogP contribution >= 0.6 is 15.9 Å². The number of aromatic nitrogens is 1. The molecule has 3 rings (SSSR count). The number of hydrogen-bond donors (Lipinski definition) is 2. The normalized spacial score (nSPS) is 11.9. The molecule has 0 amide bonds. The molecular weight excluding hydrogens is 380 g/mol. The average Bonchev–Trinajstić information content (AvgIpc) is 2.88. The molecule has 24 heavy (non-hydrogen) atoms. The second-order valence-electron chi connectivity index (χ2n) is 6.12. The summed E-state index contributed by atoms with van der Waals surface area (Å²) < 4.78 is 28.1. The minimum absolute atomic E-state index is 0.224. The van der Waals surface area contributed by atoms with Gasteiger partial charge in [0.1, 0.15) is 11.6 Å². The van der Waals surface area contributed by atoms with E-state index in [1.807, 2.05) is 0 Å². The van der Waals surface area contributed by atoms with Crippen molar-refractivity contribution in [3.05, 3.63) is 58.1 Å². The van der Waals surface area contributed by atoms with Gasteiger partial charge in [0.15, 0.2) is 0 Å². The summed E-state index contributed by atoms with van der Waals surface area (Å²) in [6.45, 7) is 3.12. The lowest BCUT2D eigenvalue weighted by atomic mass is 9.81. The van der Waals surface area contributed by atoms with Crippen LogP contribution in [0.25, 0.3) is 22.2 Å². The van der Waals surface area contributed by atoms with Gasteiger partial charge in [-0.2, -0.15) is 0 Å². The molecular formula is C18H14BrF2NO2. The van der Waals surface area contributed by atoms with Gasteiger partial charge in [0, 0.05) is 15.4 Å². The van der Waals surface area contributed by atoms with E-state index in [2.05, 4.69) is 20.9 Å². The Balaban J connectivity index is 2.42. The number of rotatable bonds is 3. The second kappa shape index (κ2) is 5.70. The van der Waals surface area contributed by atoms with E-state index in [0.29, 0.717) is 26.7 Å². The van der Waals surface area contributed by atoms with Crippen LogP contribution in [0.2, 0.25) is 0 Å². The Labute approximate surface area is 145 Å². The largest absolute Gasteiger partial charge is 0.481 e. The van der Waals surface area contributed by atoms with Crippen molar-refractivity contribution < 1.29 is 18.7 Å². The second-order valence-corrected chi connectivity index (χ2v) is 7.04. The van der Waals surface area contributed by atoms with Crippen molar-refractivity contribution in [1.82, 2.24) is 4.98 Å². The van der Waals surface area contributed by atoms with E-state index in [1.54, 1.807) is 19.9 Å². The number of hydrogen-bond acceptors (Lipinski definition) is 1. The van der Waals surface area contributed by atoms with Gasteiger partial charge in [0.05, 0.1) is 16.6 Å². The molecule has 0 aliphatic heterocycles. The van der Waals surface area contributed by atoms with Crippen LogP contribution in [0, 0.1) is 11.6 Å². The van der Waals surface area contributed by atoms with Crippen molar-refractivity contribution in [2.24, 2.45) is 0 Å². The van der Waals surface area contributed by atoms with Gasteiger partial charge in [0.2, 0.25) is 0 Å². The van der Waals surface area contributed by atoms with Crippen molar-refractivity contribution in [3.63, 3.8) is 0 Å². The molecule has 0 bridgehead atoms. The first-order valence-electron chi connectivity index (χ1n) is 7.22. The zero-order valence-electron chi connectivity index (χ0n) is 13.0. The molecule has 0 atom stereocenters. The molecule has 3 nitrogen and oxygen atoms in total. The van der Waals surface area contributed by atoms with Gasteiger partial charge >= 0.3 is 5.97 Å². The predicted octanol–water partition coefficient (Wildman–Crippen LogP) is 5.24. The van der Waals surface area contributed by atoms with Gasteiger partial charge in [-0.15, -0.1) is 0 Å². The fourth-order valence-electron chi connectivity index (χ4n) is 2.81. The van der Waals surface area contributed by atoms with Gasteiger partial charge in [0.25, 0.3) is 0 Å². The van der Waals surface area contributed by atoms with E-state index in [-0.39, 0.29) is 5.52 Å². The molecule has 0 aliphatic rings. The minimum Gasteiger partial charge on any atom is -0.481 e. The number of carboxylic acids is 1. The van der Waals surface area contributed by atoms with Gasteiger partial charge < -0.3 is 10.1 Å². The zero-order valence-corrected chi connectivity index (χ0v) is 14.5. The lowest BCUT2D eigenvalue weighted by molar-refractivity contribution is -0.142. The lowest BCUT2D eigenvalue weighted by Gasteiger charge is -2.21. The lowest BCUT2D eigenvalue weighted by Crippen LogP contribution is -2.28. The smallest absolute Gasteiger partial charge is 0.313 e. The summed E-state index contributed by atoms with van der Waals surface area (Å²) >= 11 is 3.25. The highest BCUT2D eigenvalue weighted by Gasteiger charge is 2.35. The third kappa shape index (κ3) is 2.60. The highest BCUT2D eigenvalue weighted by molar-refractivity contribution is 9.10. The maximum Gasteiger partial charge on any atom is 0.313 e. The van der Waals surface area contributed by atoms with E-state index in [1.165, 1.54) is 30.3 Å². The van der Waals surface area contributed by atoms with Crippen LogP contribution in [0.4, 0.5) is 8.78 Å². The number of aromatic amines is 1. The Morgan fingerprint density at radius 2 is 1.79 bits per heavy atom. The van der Waals surface area contributed by atoms with E-state index >= 15 is 0 Å². The Kier molecular flexibility index (Phi) is 3.95. The molecule has 0 fully saturated rings. The highest BCUT2D eigenvalue weighted by Crippen LogP contribution is 2.40. The third-order valence-electron chi connectivity index (χ3n) is 4.12. The van der Waals surface area contributed by atoms with E-state index < -0.39 is 23.0 Å². The summed E-state index contributed by atoms with van der Waals surface area (Å²) in [6.07, 6.45) is 0. The number of benzene rings is 2. The molecule has 0 spiro atoms. The number of fused-ring (bicyclic) bond motifs is 1. The maximum absolute atomic E-state index is 14.3. The summed E-state index contributed by atoms with van der Waals surface area (Å²) in [4.78, 5) is 14.8. The number of carbonyl (C=O) groups is 1. The topological polar surface area (TPSA) is 53.1 Å². The van der Waals surface area contributed by atoms with Crippen molar-refractivity contribution in [2.75, 3.05) is 0 Å². The zero-order chi connectivity index (χ0) is 17.6. The Morgan fingerprint density at radius 3 is 2.38 bits per heavy atom. The van der Waals surface area contributed by atoms with Crippen LogP contribution in [0.1, 0.15) is 19.4 Å². The number of halogens is 3. The summed E-state index contributed by atoms with van der Waals surface area (Å²) in [5, 5.41) is 10.1. The van der Waals surface area contributed by atoms with Crippen LogP contribution in [0.15, 0.2) is 40.9 Å². The number of carboxylic acid groups (broad SMARTS) is 1. The first-order valence-corrected chi connectivity index (χ1v) is 8.01. The predicted molar refractivity (Wildman–Crippen MR) is 92.0 cm³/mol. The van der Waals surface area contributed by atoms with Crippen LogP contribution in [0.5, 0.6) is 0 Å².